The smallest absolute Gasteiger partial charge is 0.00206 e. The van der Waals surface area contributed by atoms with Gasteiger partial charge in [0.05, 0.1) is 0 Å². The molecule has 0 nitrogen and oxygen atoms in total. The van der Waals surface area contributed by atoms with E-state index in [1.54, 1.807) is 0 Å². The molecule has 0 bridgehead atoms. The molecule has 10 aromatic carbocycles. The molecule has 0 heterocycles. The summed E-state index contributed by atoms with van der Waals surface area (Å²) in [4.78, 5) is 0. The molecule has 260 valence electrons. The minimum Gasteiger partial charge on any atom is -0.0561 e. The maximum absolute atomic E-state index is 2.47. The summed E-state index contributed by atoms with van der Waals surface area (Å²) in [6, 6.07) is 49.5. The van der Waals surface area contributed by atoms with Crippen LogP contribution in [-0.4, -0.2) is 0 Å². The van der Waals surface area contributed by atoms with Crippen molar-refractivity contribution in [2.24, 2.45) is 0 Å². The molecule has 0 unspecified atom stereocenters. The topological polar surface area (TPSA) is 0 Å². The molecule has 0 N–H and O–H groups in total. The fourth-order valence-electron chi connectivity index (χ4n) is 9.76. The van der Waals surface area contributed by atoms with Gasteiger partial charge in [0.25, 0.3) is 0 Å². The predicted octanol–water partition coefficient (Wildman–Crippen LogP) is 15.4. The number of hydrogen-bond donors (Lipinski definition) is 0. The second-order valence-corrected chi connectivity index (χ2v) is 18.1. The lowest BCUT2D eigenvalue weighted by atomic mass is 9.81. The fourth-order valence-corrected chi connectivity index (χ4v) is 9.76. The summed E-state index contributed by atoms with van der Waals surface area (Å²) in [5, 5.41) is 19.0. The molecule has 0 saturated heterocycles. The van der Waals surface area contributed by atoms with Gasteiger partial charge in [-0.15, -0.1) is 0 Å². The molecule has 0 radical (unpaired) electrons. The average Bonchev–Trinajstić information content (AvgIpc) is 3.17. The Kier molecular flexibility index (Phi) is 6.43. The molecule has 0 fully saturated rings. The number of benzene rings is 10. The van der Waals surface area contributed by atoms with Crippen molar-refractivity contribution in [2.45, 2.75) is 65.2 Å². The van der Waals surface area contributed by atoms with E-state index in [4.69, 9.17) is 0 Å². The summed E-state index contributed by atoms with van der Waals surface area (Å²) in [7, 11) is 0. The molecular weight excluding hydrogens is 649 g/mol. The monoisotopic (exact) mass is 692 g/mol. The summed E-state index contributed by atoms with van der Waals surface area (Å²) in [5.74, 6) is 0. The van der Waals surface area contributed by atoms with Gasteiger partial charge < -0.3 is 0 Å². The molecule has 0 aliphatic heterocycles. The largest absolute Gasteiger partial charge is 0.0561 e. The van der Waals surface area contributed by atoms with Gasteiger partial charge in [0.2, 0.25) is 0 Å². The minimum absolute atomic E-state index is 0.109. The second-order valence-electron chi connectivity index (χ2n) is 18.1. The third-order valence-corrected chi connectivity index (χ3v) is 12.7. The lowest BCUT2D eigenvalue weighted by molar-refractivity contribution is 0.591. The Balaban J connectivity index is 1.00. The third-order valence-electron chi connectivity index (χ3n) is 12.7. The molecule has 0 atom stereocenters. The Bertz CT molecular complexity index is 3170. The molecule has 0 amide bonds. The van der Waals surface area contributed by atoms with Crippen LogP contribution in [0, 0.1) is 0 Å². The van der Waals surface area contributed by atoms with Gasteiger partial charge in [-0.3, -0.25) is 0 Å². The first-order valence-electron chi connectivity index (χ1n) is 19.7. The van der Waals surface area contributed by atoms with Crippen LogP contribution < -0.4 is 0 Å². The van der Waals surface area contributed by atoms with Crippen molar-refractivity contribution in [2.75, 3.05) is 0 Å². The Morgan fingerprint density at radius 2 is 0.833 bits per heavy atom. The quantitative estimate of drug-likeness (QED) is 0.158. The van der Waals surface area contributed by atoms with Crippen LogP contribution in [0.15, 0.2) is 127 Å². The molecule has 0 spiro atoms. The van der Waals surface area contributed by atoms with Crippen molar-refractivity contribution < 1.29 is 0 Å². The number of fused-ring (bicyclic) bond motifs is 3. The Labute approximate surface area is 317 Å². The predicted molar refractivity (Wildman–Crippen MR) is 237 cm³/mol. The zero-order valence-electron chi connectivity index (χ0n) is 32.1. The molecular formula is C54H44. The van der Waals surface area contributed by atoms with Crippen molar-refractivity contribution in [3.63, 3.8) is 0 Å². The van der Waals surface area contributed by atoms with Crippen LogP contribution in [0.3, 0.4) is 0 Å². The summed E-state index contributed by atoms with van der Waals surface area (Å²) < 4.78 is 0. The maximum atomic E-state index is 2.47. The molecule has 0 heteroatoms. The fraction of sp³-hybridized carbons (Fsp3) is 0.185. The highest BCUT2D eigenvalue weighted by molar-refractivity contribution is 6.27. The van der Waals surface area contributed by atoms with Gasteiger partial charge in [-0.2, -0.15) is 0 Å². The lowest BCUT2D eigenvalue weighted by Gasteiger charge is -2.23. The van der Waals surface area contributed by atoms with Gasteiger partial charge in [0.1, 0.15) is 0 Å². The van der Waals surface area contributed by atoms with Gasteiger partial charge in [0.15, 0.2) is 0 Å². The molecule has 1 aliphatic rings. The van der Waals surface area contributed by atoms with Crippen molar-refractivity contribution in [1.82, 2.24) is 0 Å². The molecule has 11 rings (SSSR count). The first kappa shape index (κ1) is 31.8. The zero-order chi connectivity index (χ0) is 36.7. The maximum Gasteiger partial charge on any atom is -0.00206 e. The highest BCUT2D eigenvalue weighted by Gasteiger charge is 2.22. The number of aryl methyl sites for hydroxylation is 1. The van der Waals surface area contributed by atoms with Crippen molar-refractivity contribution in [1.29, 1.82) is 0 Å². The Hall–Kier alpha value is -5.72. The van der Waals surface area contributed by atoms with Gasteiger partial charge in [-0.25, -0.2) is 0 Å². The van der Waals surface area contributed by atoms with E-state index in [9.17, 15) is 0 Å². The average molecular weight is 693 g/mol. The Morgan fingerprint density at radius 1 is 0.370 bits per heavy atom. The van der Waals surface area contributed by atoms with E-state index in [0.29, 0.717) is 0 Å². The number of allylic oxidation sites excluding steroid dienone is 1. The molecule has 10 aromatic rings. The summed E-state index contributed by atoms with van der Waals surface area (Å²) in [6.45, 7) is 13.8. The van der Waals surface area contributed by atoms with Crippen LogP contribution in [0.25, 0.3) is 98.2 Å². The van der Waals surface area contributed by atoms with E-state index in [-0.39, 0.29) is 10.8 Å². The van der Waals surface area contributed by atoms with Crippen LogP contribution in [0.2, 0.25) is 0 Å². The minimum atomic E-state index is 0.109. The van der Waals surface area contributed by atoms with E-state index >= 15 is 0 Å². The van der Waals surface area contributed by atoms with Gasteiger partial charge in [0, 0.05) is 0 Å². The number of hydrogen-bond acceptors (Lipinski definition) is 0. The molecule has 1 aliphatic carbocycles. The van der Waals surface area contributed by atoms with Crippen molar-refractivity contribution in [3.05, 3.63) is 155 Å². The van der Waals surface area contributed by atoms with Crippen LogP contribution >= 0.6 is 0 Å². The molecule has 54 heavy (non-hydrogen) atoms. The van der Waals surface area contributed by atoms with E-state index in [2.05, 4.69) is 175 Å². The van der Waals surface area contributed by atoms with Gasteiger partial charge in [-0.05, 0) is 150 Å². The normalized spacial score (nSPS) is 14.1. The standard InChI is InChI=1S/C54H44/c1-53(2,3)41-27-37-11-7-31-13-19-45(47-23-17-39(29-41)49(37)51(31)47)35-15-21-43-33(25-35)9-10-34-26-36(16-22-44(34)43)46-20-14-32-8-12-38-28-42(54(4,5)6)30-40-18-24-48(46)52(32)50(38)40/h7-15,17-21,23-30H,16,22H2,1-6H3. The van der Waals surface area contributed by atoms with Crippen LogP contribution in [0.1, 0.15) is 75.8 Å². The van der Waals surface area contributed by atoms with Crippen molar-refractivity contribution in [3.8, 4) is 11.1 Å². The highest BCUT2D eigenvalue weighted by atomic mass is 14.3. The van der Waals surface area contributed by atoms with Crippen LogP contribution in [0.4, 0.5) is 0 Å². The SMILES string of the molecule is CC(C)(C)c1cc2ccc3ccc(C4=Cc5ccc6cc(-c7ccc8ccc9cc(C(C)(C)C)cc%10ccc7c8c9%10)ccc6c5CC4)c4ccc(c1)c2c34. The van der Waals surface area contributed by atoms with E-state index in [0.717, 1.165) is 12.8 Å². The molecule has 0 aromatic heterocycles. The van der Waals surface area contributed by atoms with E-state index < -0.39 is 0 Å². The zero-order valence-corrected chi connectivity index (χ0v) is 32.1. The van der Waals surface area contributed by atoms with E-state index in [1.165, 1.54) is 120 Å². The highest BCUT2D eigenvalue weighted by Crippen LogP contribution is 2.45. The van der Waals surface area contributed by atoms with Gasteiger partial charge >= 0.3 is 0 Å². The first-order chi connectivity index (χ1) is 26.0. The first-order valence-corrected chi connectivity index (χ1v) is 19.7. The third kappa shape index (κ3) is 4.62. The van der Waals surface area contributed by atoms with Gasteiger partial charge in [-0.1, -0.05) is 169 Å². The molecule has 0 saturated carbocycles. The van der Waals surface area contributed by atoms with E-state index in [1.807, 2.05) is 0 Å². The van der Waals surface area contributed by atoms with Crippen molar-refractivity contribution >= 4 is 87.1 Å². The summed E-state index contributed by atoms with van der Waals surface area (Å²) >= 11 is 0. The Morgan fingerprint density at radius 3 is 1.41 bits per heavy atom. The summed E-state index contributed by atoms with van der Waals surface area (Å²) in [5.41, 5.74) is 11.2. The second kappa shape index (κ2) is 10.9. The van der Waals surface area contributed by atoms with Crippen LogP contribution in [0.5, 0.6) is 0 Å². The number of rotatable bonds is 2. The lowest BCUT2D eigenvalue weighted by Crippen LogP contribution is -2.10. The summed E-state index contributed by atoms with van der Waals surface area (Å²) in [6.07, 6.45) is 4.56. The van der Waals surface area contributed by atoms with Crippen LogP contribution in [-0.2, 0) is 17.3 Å².